The number of benzene rings is 3. The van der Waals surface area contributed by atoms with Crippen LogP contribution in [-0.4, -0.2) is 29.9 Å². The molecule has 5 nitrogen and oxygen atoms in total. The number of esters is 1. The van der Waals surface area contributed by atoms with Gasteiger partial charge in [0, 0.05) is 37.4 Å². The minimum absolute atomic E-state index is 0.0603. The lowest BCUT2D eigenvalue weighted by molar-refractivity contribution is -0.139. The van der Waals surface area contributed by atoms with Crippen molar-refractivity contribution in [2.75, 3.05) is 13.2 Å². The number of carbonyl (C=O) groups is 2. The first-order chi connectivity index (χ1) is 17.6. The van der Waals surface area contributed by atoms with Crippen molar-refractivity contribution in [2.45, 2.75) is 32.2 Å². The van der Waals surface area contributed by atoms with Crippen molar-refractivity contribution in [3.63, 3.8) is 0 Å². The molecule has 5 rings (SSSR count). The van der Waals surface area contributed by atoms with Crippen molar-refractivity contribution < 1.29 is 19.1 Å². The van der Waals surface area contributed by atoms with Crippen molar-refractivity contribution in [3.05, 3.63) is 130 Å². The molecule has 3 aromatic rings. The van der Waals surface area contributed by atoms with Gasteiger partial charge in [-0.15, -0.1) is 0 Å². The highest BCUT2D eigenvalue weighted by atomic mass is 16.5. The minimum Gasteiger partial charge on any atom is -0.463 e. The predicted octanol–water partition coefficient (Wildman–Crippen LogP) is 5.55. The van der Waals surface area contributed by atoms with E-state index in [2.05, 4.69) is 12.1 Å². The summed E-state index contributed by atoms with van der Waals surface area (Å²) in [5.74, 6) is 0.249. The highest BCUT2D eigenvalue weighted by Crippen LogP contribution is 2.44. The molecule has 182 valence electrons. The first-order valence-corrected chi connectivity index (χ1v) is 12.4. The zero-order chi connectivity index (χ0) is 24.9. The van der Waals surface area contributed by atoms with Crippen LogP contribution in [-0.2, 0) is 32.0 Å². The summed E-state index contributed by atoms with van der Waals surface area (Å²) in [6.07, 6.45) is 0.872. The van der Waals surface area contributed by atoms with Crippen LogP contribution >= 0.6 is 0 Å². The van der Waals surface area contributed by atoms with E-state index in [-0.39, 0.29) is 18.4 Å². The van der Waals surface area contributed by atoms with Gasteiger partial charge in [-0.3, -0.25) is 4.79 Å². The molecule has 2 aliphatic rings. The molecule has 0 N–H and O–H groups in total. The summed E-state index contributed by atoms with van der Waals surface area (Å²) in [6, 6.07) is 29.9. The molecule has 0 saturated carbocycles. The predicted molar refractivity (Wildman–Crippen MR) is 138 cm³/mol. The zero-order valence-corrected chi connectivity index (χ0v) is 20.4. The Morgan fingerprint density at radius 3 is 2.17 bits per heavy atom. The zero-order valence-electron chi connectivity index (χ0n) is 20.4. The summed E-state index contributed by atoms with van der Waals surface area (Å²) in [4.78, 5) is 28.5. The van der Waals surface area contributed by atoms with E-state index < -0.39 is 5.97 Å². The summed E-state index contributed by atoms with van der Waals surface area (Å²) in [7, 11) is 0. The molecule has 0 bridgehead atoms. The Morgan fingerprint density at radius 2 is 1.53 bits per heavy atom. The van der Waals surface area contributed by atoms with E-state index >= 15 is 0 Å². The van der Waals surface area contributed by atoms with Gasteiger partial charge in [0.05, 0.1) is 12.2 Å². The van der Waals surface area contributed by atoms with E-state index in [0.29, 0.717) is 43.0 Å². The van der Waals surface area contributed by atoms with E-state index in [9.17, 15) is 9.59 Å². The molecule has 0 spiro atoms. The molecular formula is C31H29NO4. The molecule has 0 radical (unpaired) electrons. The maximum Gasteiger partial charge on any atom is 0.337 e. The van der Waals surface area contributed by atoms with Crippen LogP contribution in [0.3, 0.4) is 0 Å². The van der Waals surface area contributed by atoms with Crippen LogP contribution in [0, 0.1) is 0 Å². The summed E-state index contributed by atoms with van der Waals surface area (Å²) in [5.41, 5.74) is 4.58. The van der Waals surface area contributed by atoms with E-state index in [1.165, 1.54) is 0 Å². The SMILES string of the molecule is CCOC(=O)/C(Cc1ccccc1)=C1/C[C@H](c2ccccc2)C2=C(O1)C(=O)N(Cc1ccccc1)C2. The molecule has 36 heavy (non-hydrogen) atoms. The number of rotatable bonds is 7. The molecule has 0 unspecified atom stereocenters. The molecule has 0 saturated heterocycles. The normalized spacial score (nSPS) is 18.5. The molecule has 2 heterocycles. The number of nitrogens with zero attached hydrogens (tertiary/aromatic N) is 1. The topological polar surface area (TPSA) is 55.8 Å². The summed E-state index contributed by atoms with van der Waals surface area (Å²) < 4.78 is 11.7. The van der Waals surface area contributed by atoms with Gasteiger partial charge in [0.1, 0.15) is 5.76 Å². The lowest BCUT2D eigenvalue weighted by Gasteiger charge is -2.27. The highest BCUT2D eigenvalue weighted by molar-refractivity contribution is 5.96. The van der Waals surface area contributed by atoms with E-state index in [1.807, 2.05) is 83.8 Å². The van der Waals surface area contributed by atoms with Gasteiger partial charge in [-0.25, -0.2) is 4.79 Å². The Hall–Kier alpha value is -4.12. The van der Waals surface area contributed by atoms with Gasteiger partial charge in [0.25, 0.3) is 5.91 Å². The number of hydrogen-bond donors (Lipinski definition) is 0. The minimum atomic E-state index is -0.404. The Bertz CT molecular complexity index is 1300. The van der Waals surface area contributed by atoms with Gasteiger partial charge >= 0.3 is 5.97 Å². The molecule has 0 fully saturated rings. The largest absolute Gasteiger partial charge is 0.463 e. The molecule has 0 aromatic heterocycles. The van der Waals surface area contributed by atoms with Gasteiger partial charge in [0.2, 0.25) is 0 Å². The standard InChI is InChI=1S/C31H29NO4/c1-2-35-31(34)26(18-22-12-6-3-7-13-22)28-19-25(24-16-10-5-11-17-24)27-21-32(30(33)29(27)36-28)20-23-14-8-4-9-15-23/h3-17,25H,2,18-21H2,1H3/b28-26-/t25-/m1/s1. The second kappa shape index (κ2) is 10.6. The van der Waals surface area contributed by atoms with Crippen molar-refractivity contribution >= 4 is 11.9 Å². The van der Waals surface area contributed by atoms with Crippen LogP contribution in [0.2, 0.25) is 0 Å². The van der Waals surface area contributed by atoms with Crippen molar-refractivity contribution in [1.29, 1.82) is 0 Å². The van der Waals surface area contributed by atoms with Crippen molar-refractivity contribution in [1.82, 2.24) is 4.90 Å². The quantitative estimate of drug-likeness (QED) is 0.330. The van der Waals surface area contributed by atoms with Gasteiger partial charge in [0.15, 0.2) is 5.76 Å². The Morgan fingerprint density at radius 1 is 0.917 bits per heavy atom. The Kier molecular flexibility index (Phi) is 6.99. The third-order valence-corrected chi connectivity index (χ3v) is 6.67. The van der Waals surface area contributed by atoms with Crippen LogP contribution in [0.1, 0.15) is 36.0 Å². The fraction of sp³-hybridized carbons (Fsp3) is 0.226. The number of allylic oxidation sites excluding steroid dienone is 1. The lowest BCUT2D eigenvalue weighted by Crippen LogP contribution is -2.27. The average Bonchev–Trinajstić information content (AvgIpc) is 3.23. The molecule has 1 amide bonds. The van der Waals surface area contributed by atoms with E-state index in [4.69, 9.17) is 9.47 Å². The molecule has 1 atom stereocenters. The molecule has 0 aliphatic carbocycles. The first kappa shape index (κ1) is 23.6. The van der Waals surface area contributed by atoms with Gasteiger partial charge in [-0.2, -0.15) is 0 Å². The van der Waals surface area contributed by atoms with Crippen molar-refractivity contribution in [3.8, 4) is 0 Å². The second-order valence-electron chi connectivity index (χ2n) is 9.06. The van der Waals surface area contributed by atoms with Crippen LogP contribution < -0.4 is 0 Å². The monoisotopic (exact) mass is 479 g/mol. The summed E-state index contributed by atoms with van der Waals surface area (Å²) >= 11 is 0. The van der Waals surface area contributed by atoms with E-state index in [1.54, 1.807) is 6.92 Å². The third-order valence-electron chi connectivity index (χ3n) is 6.67. The van der Waals surface area contributed by atoms with Crippen LogP contribution in [0.5, 0.6) is 0 Å². The van der Waals surface area contributed by atoms with Crippen LogP contribution in [0.15, 0.2) is 114 Å². The summed E-state index contributed by atoms with van der Waals surface area (Å²) in [6.45, 7) is 3.07. The fourth-order valence-electron chi connectivity index (χ4n) is 4.90. The van der Waals surface area contributed by atoms with Gasteiger partial charge < -0.3 is 14.4 Å². The maximum atomic E-state index is 13.5. The van der Waals surface area contributed by atoms with Crippen molar-refractivity contribution in [2.24, 2.45) is 0 Å². The number of carbonyl (C=O) groups excluding carboxylic acids is 2. The second-order valence-corrected chi connectivity index (χ2v) is 9.06. The van der Waals surface area contributed by atoms with Crippen LogP contribution in [0.25, 0.3) is 0 Å². The Balaban J connectivity index is 1.54. The number of hydrogen-bond acceptors (Lipinski definition) is 4. The maximum absolute atomic E-state index is 13.5. The fourth-order valence-corrected chi connectivity index (χ4v) is 4.90. The van der Waals surface area contributed by atoms with Crippen LogP contribution in [0.4, 0.5) is 0 Å². The third kappa shape index (κ3) is 4.96. The van der Waals surface area contributed by atoms with Gasteiger partial charge in [-0.1, -0.05) is 91.0 Å². The lowest BCUT2D eigenvalue weighted by atomic mass is 9.84. The number of amides is 1. The molecule has 3 aromatic carbocycles. The summed E-state index contributed by atoms with van der Waals surface area (Å²) in [5, 5.41) is 0. The number of ether oxygens (including phenoxy) is 2. The van der Waals surface area contributed by atoms with E-state index in [0.717, 1.165) is 22.3 Å². The molecule has 2 aliphatic heterocycles. The first-order valence-electron chi connectivity index (χ1n) is 12.4. The molecular weight excluding hydrogens is 450 g/mol. The average molecular weight is 480 g/mol. The Labute approximate surface area is 211 Å². The smallest absolute Gasteiger partial charge is 0.337 e. The highest BCUT2D eigenvalue weighted by Gasteiger charge is 2.41. The molecule has 5 heteroatoms. The van der Waals surface area contributed by atoms with Gasteiger partial charge in [-0.05, 0) is 23.6 Å².